The molecule has 0 bridgehead atoms. The monoisotopic (exact) mass is 247 g/mol. The quantitative estimate of drug-likeness (QED) is 0.812. The molecule has 0 aromatic carbocycles. The van der Waals surface area contributed by atoms with Crippen molar-refractivity contribution in [3.8, 4) is 0 Å². The molecule has 3 heterocycles. The minimum Gasteiger partial charge on any atom is -0.347 e. The number of fused-ring (bicyclic) bond motifs is 1. The minimum atomic E-state index is 0.182. The molecule has 2 aliphatic heterocycles. The molecule has 0 aliphatic carbocycles. The molecule has 1 aromatic heterocycles. The fraction of sp³-hybridized carbons (Fsp3) is 0.643. The molecule has 2 atom stereocenters. The van der Waals surface area contributed by atoms with E-state index in [1.807, 2.05) is 4.90 Å². The third-order valence-corrected chi connectivity index (χ3v) is 4.10. The number of hydrogen-bond acceptors (Lipinski definition) is 2. The second-order valence-electron chi connectivity index (χ2n) is 5.55. The molecule has 1 aromatic rings. The number of rotatable bonds is 1. The Morgan fingerprint density at radius 1 is 1.39 bits per heavy atom. The van der Waals surface area contributed by atoms with E-state index in [1.54, 1.807) is 6.92 Å². The summed E-state index contributed by atoms with van der Waals surface area (Å²) in [6.07, 6.45) is 2.45. The molecule has 0 radical (unpaired) electrons. The summed E-state index contributed by atoms with van der Waals surface area (Å²) in [7, 11) is 0. The van der Waals surface area contributed by atoms with Crippen molar-refractivity contribution in [1.82, 2.24) is 14.8 Å². The van der Waals surface area contributed by atoms with Gasteiger partial charge in [0.15, 0.2) is 0 Å². The maximum absolute atomic E-state index is 11.6. The Kier molecular flexibility index (Phi) is 2.90. The first-order valence-corrected chi connectivity index (χ1v) is 6.85. The fourth-order valence-electron chi connectivity index (χ4n) is 3.25. The highest BCUT2D eigenvalue weighted by molar-refractivity contribution is 5.73. The van der Waals surface area contributed by atoms with Gasteiger partial charge in [-0.25, -0.2) is 0 Å². The molecule has 1 fully saturated rings. The molecule has 4 nitrogen and oxygen atoms in total. The molecule has 1 saturated heterocycles. The number of nitrogens with zero attached hydrogens (tertiary/aromatic N) is 2. The van der Waals surface area contributed by atoms with Gasteiger partial charge in [-0.2, -0.15) is 0 Å². The van der Waals surface area contributed by atoms with Crippen LogP contribution in [0.4, 0.5) is 0 Å². The predicted octanol–water partition coefficient (Wildman–Crippen LogP) is 1.32. The van der Waals surface area contributed by atoms with Crippen molar-refractivity contribution in [1.29, 1.82) is 0 Å². The molecular formula is C14H21N3O. The zero-order valence-corrected chi connectivity index (χ0v) is 11.1. The number of amides is 1. The van der Waals surface area contributed by atoms with Crippen LogP contribution in [0, 0.1) is 0 Å². The minimum absolute atomic E-state index is 0.182. The molecule has 2 unspecified atom stereocenters. The van der Waals surface area contributed by atoms with E-state index >= 15 is 0 Å². The number of aryl methyl sites for hydroxylation is 1. The van der Waals surface area contributed by atoms with E-state index in [1.165, 1.54) is 24.2 Å². The second-order valence-corrected chi connectivity index (χ2v) is 5.55. The topological polar surface area (TPSA) is 37.3 Å². The van der Waals surface area contributed by atoms with Gasteiger partial charge in [0.2, 0.25) is 5.91 Å². The van der Waals surface area contributed by atoms with Crippen LogP contribution in [-0.4, -0.2) is 34.5 Å². The first kappa shape index (κ1) is 11.8. The molecule has 4 heteroatoms. The molecule has 0 spiro atoms. The van der Waals surface area contributed by atoms with Crippen LogP contribution in [0.1, 0.15) is 37.7 Å². The van der Waals surface area contributed by atoms with Crippen LogP contribution in [0.5, 0.6) is 0 Å². The molecule has 98 valence electrons. The van der Waals surface area contributed by atoms with Crippen molar-refractivity contribution in [3.63, 3.8) is 0 Å². The van der Waals surface area contributed by atoms with Crippen molar-refractivity contribution in [2.45, 2.75) is 45.3 Å². The predicted molar refractivity (Wildman–Crippen MR) is 70.3 cm³/mol. The van der Waals surface area contributed by atoms with Crippen LogP contribution in [-0.2, 0) is 17.8 Å². The number of aromatic nitrogens is 1. The highest BCUT2D eigenvalue weighted by Crippen LogP contribution is 2.26. The summed E-state index contributed by atoms with van der Waals surface area (Å²) in [5.74, 6) is 0.182. The van der Waals surface area contributed by atoms with Gasteiger partial charge in [0.25, 0.3) is 0 Å². The van der Waals surface area contributed by atoms with Crippen molar-refractivity contribution >= 4 is 5.91 Å². The van der Waals surface area contributed by atoms with Gasteiger partial charge < -0.3 is 14.8 Å². The summed E-state index contributed by atoms with van der Waals surface area (Å²) in [6.45, 7) is 6.56. The summed E-state index contributed by atoms with van der Waals surface area (Å²) in [5, 5.41) is 3.62. The zero-order valence-electron chi connectivity index (χ0n) is 11.1. The molecule has 0 saturated carbocycles. The molecule has 18 heavy (non-hydrogen) atoms. The number of carbonyl (C=O) groups excluding carboxylic acids is 1. The van der Waals surface area contributed by atoms with Crippen molar-refractivity contribution in [2.24, 2.45) is 0 Å². The van der Waals surface area contributed by atoms with E-state index in [2.05, 4.69) is 28.9 Å². The Balaban J connectivity index is 1.84. The normalized spacial score (nSPS) is 27.3. The van der Waals surface area contributed by atoms with Crippen LogP contribution >= 0.6 is 0 Å². The van der Waals surface area contributed by atoms with E-state index in [0.717, 1.165) is 19.6 Å². The van der Waals surface area contributed by atoms with Gasteiger partial charge in [-0.1, -0.05) is 0 Å². The Bertz CT molecular complexity index is 466. The lowest BCUT2D eigenvalue weighted by Gasteiger charge is -2.37. The van der Waals surface area contributed by atoms with Crippen molar-refractivity contribution in [3.05, 3.63) is 23.5 Å². The smallest absolute Gasteiger partial charge is 0.219 e. The van der Waals surface area contributed by atoms with E-state index < -0.39 is 0 Å². The van der Waals surface area contributed by atoms with E-state index in [-0.39, 0.29) is 11.9 Å². The molecule has 1 N–H and O–H groups in total. The average molecular weight is 247 g/mol. The van der Waals surface area contributed by atoms with Gasteiger partial charge in [-0.15, -0.1) is 0 Å². The van der Waals surface area contributed by atoms with E-state index in [4.69, 9.17) is 0 Å². The number of piperazine rings is 1. The largest absolute Gasteiger partial charge is 0.347 e. The van der Waals surface area contributed by atoms with Gasteiger partial charge in [0.1, 0.15) is 0 Å². The van der Waals surface area contributed by atoms with Crippen molar-refractivity contribution < 1.29 is 4.79 Å². The molecule has 3 rings (SSSR count). The third kappa shape index (κ3) is 1.94. The second kappa shape index (κ2) is 4.43. The molecule has 1 amide bonds. The first-order valence-electron chi connectivity index (χ1n) is 6.85. The SMILES string of the molecule is CC(=O)N1CC(C)NC(c2ccc3n2CCC3)C1. The molecule has 2 aliphatic rings. The third-order valence-electron chi connectivity index (χ3n) is 4.10. The van der Waals surface area contributed by atoms with Gasteiger partial charge in [-0.3, -0.25) is 4.79 Å². The highest BCUT2D eigenvalue weighted by Gasteiger charge is 2.29. The van der Waals surface area contributed by atoms with Crippen LogP contribution in [0.15, 0.2) is 12.1 Å². The summed E-state index contributed by atoms with van der Waals surface area (Å²) >= 11 is 0. The summed E-state index contributed by atoms with van der Waals surface area (Å²) in [4.78, 5) is 13.5. The zero-order chi connectivity index (χ0) is 12.7. The van der Waals surface area contributed by atoms with Gasteiger partial charge in [0.05, 0.1) is 6.04 Å². The number of carbonyl (C=O) groups is 1. The average Bonchev–Trinajstić information content (AvgIpc) is 2.89. The van der Waals surface area contributed by atoms with Crippen LogP contribution in [0.2, 0.25) is 0 Å². The highest BCUT2D eigenvalue weighted by atomic mass is 16.2. The van der Waals surface area contributed by atoms with Crippen LogP contribution in [0.25, 0.3) is 0 Å². The Morgan fingerprint density at radius 2 is 2.22 bits per heavy atom. The van der Waals surface area contributed by atoms with Crippen LogP contribution in [0.3, 0.4) is 0 Å². The number of nitrogens with one attached hydrogen (secondary N) is 1. The Labute approximate surface area is 108 Å². The molecular weight excluding hydrogens is 226 g/mol. The van der Waals surface area contributed by atoms with Gasteiger partial charge in [-0.05, 0) is 31.9 Å². The van der Waals surface area contributed by atoms with Crippen molar-refractivity contribution in [2.75, 3.05) is 13.1 Å². The lowest BCUT2D eigenvalue weighted by Crippen LogP contribution is -2.52. The van der Waals surface area contributed by atoms with E-state index in [9.17, 15) is 4.79 Å². The Morgan fingerprint density at radius 3 is 3.00 bits per heavy atom. The van der Waals surface area contributed by atoms with Gasteiger partial charge >= 0.3 is 0 Å². The van der Waals surface area contributed by atoms with E-state index in [0.29, 0.717) is 6.04 Å². The standard InChI is InChI=1S/C14H21N3O/c1-10-8-16(11(2)18)9-13(15-10)14-6-5-12-4-3-7-17(12)14/h5-6,10,13,15H,3-4,7-9H2,1-2H3. The maximum Gasteiger partial charge on any atom is 0.219 e. The fourth-order valence-corrected chi connectivity index (χ4v) is 3.25. The maximum atomic E-state index is 11.6. The lowest BCUT2D eigenvalue weighted by atomic mass is 10.1. The summed E-state index contributed by atoms with van der Waals surface area (Å²) < 4.78 is 2.42. The Hall–Kier alpha value is -1.29. The lowest BCUT2D eigenvalue weighted by molar-refractivity contribution is -0.130. The number of hydrogen-bond donors (Lipinski definition) is 1. The summed E-state index contributed by atoms with van der Waals surface area (Å²) in [5.41, 5.74) is 2.79. The van der Waals surface area contributed by atoms with Crippen LogP contribution < -0.4 is 5.32 Å². The first-order chi connectivity index (χ1) is 8.65. The van der Waals surface area contributed by atoms with Gasteiger partial charge in [0, 0.05) is 44.0 Å². The summed E-state index contributed by atoms with van der Waals surface area (Å²) in [6, 6.07) is 5.11.